The molecule has 1 aromatic rings. The summed E-state index contributed by atoms with van der Waals surface area (Å²) in [7, 11) is -3.82. The summed E-state index contributed by atoms with van der Waals surface area (Å²) in [4.78, 5) is -0.0849. The first-order valence-electron chi connectivity index (χ1n) is 5.83. The predicted octanol–water partition coefficient (Wildman–Crippen LogP) is -0.256. The highest BCUT2D eigenvalue weighted by Gasteiger charge is 2.17. The lowest BCUT2D eigenvalue weighted by Gasteiger charge is -2.24. The second-order valence-electron chi connectivity index (χ2n) is 4.21. The molecule has 0 spiro atoms. The minimum Gasteiger partial charge on any atom is -0.396 e. The highest BCUT2D eigenvalue weighted by molar-refractivity contribution is 7.89. The van der Waals surface area contributed by atoms with Crippen molar-refractivity contribution in [1.29, 1.82) is 0 Å². The molecule has 1 aliphatic heterocycles. The standard InChI is InChI=1S/C11H17N3O4S/c12-11-9(2-1-3-10(11)19(13,15)16)14-6-8-7-17-4-5-18-8/h1-3,8,14H,4-7,12H2,(H2,13,15,16). The van der Waals surface area contributed by atoms with Gasteiger partial charge in [-0.1, -0.05) is 6.07 Å². The maximum atomic E-state index is 11.3. The number of nitrogens with two attached hydrogens (primary N) is 2. The molecule has 1 saturated heterocycles. The number of benzene rings is 1. The van der Waals surface area contributed by atoms with Gasteiger partial charge >= 0.3 is 0 Å². The van der Waals surface area contributed by atoms with E-state index in [9.17, 15) is 8.42 Å². The molecule has 0 saturated carbocycles. The van der Waals surface area contributed by atoms with Crippen molar-refractivity contribution < 1.29 is 17.9 Å². The fourth-order valence-electron chi connectivity index (χ4n) is 1.82. The summed E-state index contributed by atoms with van der Waals surface area (Å²) in [6.07, 6.45) is -0.0775. The molecular weight excluding hydrogens is 270 g/mol. The summed E-state index contributed by atoms with van der Waals surface area (Å²) in [6.45, 7) is 2.14. The smallest absolute Gasteiger partial charge is 0.240 e. The van der Waals surface area contributed by atoms with Gasteiger partial charge in [-0.3, -0.25) is 0 Å². The molecule has 1 atom stereocenters. The van der Waals surface area contributed by atoms with Crippen molar-refractivity contribution in [2.45, 2.75) is 11.0 Å². The maximum absolute atomic E-state index is 11.3. The Morgan fingerprint density at radius 2 is 2.16 bits per heavy atom. The monoisotopic (exact) mass is 287 g/mol. The third kappa shape index (κ3) is 3.57. The van der Waals surface area contributed by atoms with Crippen molar-refractivity contribution in [2.75, 3.05) is 37.4 Å². The van der Waals surface area contributed by atoms with Gasteiger partial charge in [-0.2, -0.15) is 0 Å². The zero-order valence-corrected chi connectivity index (χ0v) is 11.2. The van der Waals surface area contributed by atoms with Gasteiger partial charge in [-0.25, -0.2) is 13.6 Å². The Morgan fingerprint density at radius 1 is 1.37 bits per heavy atom. The van der Waals surface area contributed by atoms with E-state index in [4.69, 9.17) is 20.3 Å². The van der Waals surface area contributed by atoms with Crippen molar-refractivity contribution in [2.24, 2.45) is 5.14 Å². The molecule has 5 N–H and O–H groups in total. The van der Waals surface area contributed by atoms with E-state index in [1.807, 2.05) is 0 Å². The van der Waals surface area contributed by atoms with E-state index in [2.05, 4.69) is 5.32 Å². The van der Waals surface area contributed by atoms with Crippen molar-refractivity contribution >= 4 is 21.4 Å². The van der Waals surface area contributed by atoms with Crippen molar-refractivity contribution in [3.05, 3.63) is 18.2 Å². The molecule has 1 fully saturated rings. The summed E-state index contributed by atoms with van der Waals surface area (Å²) in [5.74, 6) is 0. The zero-order chi connectivity index (χ0) is 13.9. The van der Waals surface area contributed by atoms with E-state index in [1.54, 1.807) is 12.1 Å². The molecule has 106 valence electrons. The molecule has 0 bridgehead atoms. The number of rotatable bonds is 4. The van der Waals surface area contributed by atoms with Crippen molar-refractivity contribution in [3.8, 4) is 0 Å². The summed E-state index contributed by atoms with van der Waals surface area (Å²) in [5.41, 5.74) is 6.42. The van der Waals surface area contributed by atoms with E-state index in [-0.39, 0.29) is 16.7 Å². The fraction of sp³-hybridized carbons (Fsp3) is 0.455. The minimum atomic E-state index is -3.82. The second-order valence-corrected chi connectivity index (χ2v) is 5.74. The zero-order valence-electron chi connectivity index (χ0n) is 10.3. The quantitative estimate of drug-likeness (QED) is 0.657. The molecule has 1 aliphatic rings. The van der Waals surface area contributed by atoms with Gasteiger partial charge < -0.3 is 20.5 Å². The Bertz CT molecular complexity index is 541. The number of sulfonamides is 1. The molecule has 8 heteroatoms. The first-order valence-corrected chi connectivity index (χ1v) is 7.37. The van der Waals surface area contributed by atoms with E-state index >= 15 is 0 Å². The van der Waals surface area contributed by atoms with Gasteiger partial charge in [0.2, 0.25) is 10.0 Å². The van der Waals surface area contributed by atoms with Gasteiger partial charge in [-0.05, 0) is 12.1 Å². The average molecular weight is 287 g/mol. The van der Waals surface area contributed by atoms with Gasteiger partial charge in [-0.15, -0.1) is 0 Å². The van der Waals surface area contributed by atoms with E-state index < -0.39 is 10.0 Å². The third-order valence-electron chi connectivity index (χ3n) is 2.78. The first kappa shape index (κ1) is 14.1. The SMILES string of the molecule is Nc1c(NCC2COCCO2)cccc1S(N)(=O)=O. The first-order chi connectivity index (χ1) is 8.98. The molecule has 19 heavy (non-hydrogen) atoms. The van der Waals surface area contributed by atoms with Crippen LogP contribution in [0.1, 0.15) is 0 Å². The highest BCUT2D eigenvalue weighted by Crippen LogP contribution is 2.25. The number of hydrogen-bond donors (Lipinski definition) is 3. The van der Waals surface area contributed by atoms with Crippen LogP contribution in [0, 0.1) is 0 Å². The number of primary sulfonamides is 1. The molecule has 0 amide bonds. The number of nitrogen functional groups attached to an aromatic ring is 1. The van der Waals surface area contributed by atoms with Gasteiger partial charge in [0, 0.05) is 6.54 Å². The van der Waals surface area contributed by atoms with E-state index in [0.717, 1.165) is 0 Å². The average Bonchev–Trinajstić information content (AvgIpc) is 2.37. The number of hydrogen-bond acceptors (Lipinski definition) is 6. The fourth-order valence-corrected chi connectivity index (χ4v) is 2.51. The minimum absolute atomic E-state index is 0.0775. The van der Waals surface area contributed by atoms with Gasteiger partial charge in [0.05, 0.1) is 37.3 Å². The molecule has 1 aromatic carbocycles. The molecule has 2 rings (SSSR count). The molecule has 0 radical (unpaired) electrons. The Balaban J connectivity index is 2.08. The normalized spacial score (nSPS) is 20.2. The highest BCUT2D eigenvalue weighted by atomic mass is 32.2. The molecule has 1 heterocycles. The van der Waals surface area contributed by atoms with Gasteiger partial charge in [0.25, 0.3) is 0 Å². The third-order valence-corrected chi connectivity index (χ3v) is 3.75. The molecular formula is C11H17N3O4S. The van der Waals surface area contributed by atoms with Crippen LogP contribution in [0.3, 0.4) is 0 Å². The summed E-state index contributed by atoms with van der Waals surface area (Å²) in [5, 5.41) is 8.13. The molecule has 7 nitrogen and oxygen atoms in total. The van der Waals surface area contributed by atoms with Crippen LogP contribution in [0.4, 0.5) is 11.4 Å². The van der Waals surface area contributed by atoms with Crippen molar-refractivity contribution in [1.82, 2.24) is 0 Å². The maximum Gasteiger partial charge on any atom is 0.240 e. The van der Waals surface area contributed by atoms with Crippen LogP contribution in [0.25, 0.3) is 0 Å². The van der Waals surface area contributed by atoms with Gasteiger partial charge in [0.15, 0.2) is 0 Å². The summed E-state index contributed by atoms with van der Waals surface area (Å²) >= 11 is 0. The summed E-state index contributed by atoms with van der Waals surface area (Å²) in [6, 6.07) is 4.64. The predicted molar refractivity (Wildman–Crippen MR) is 71.3 cm³/mol. The number of nitrogens with one attached hydrogen (secondary N) is 1. The molecule has 0 aromatic heterocycles. The second kappa shape index (κ2) is 5.74. The Morgan fingerprint density at radius 3 is 2.79 bits per heavy atom. The Kier molecular flexibility index (Phi) is 4.25. The number of para-hydroxylation sites is 1. The number of anilines is 2. The van der Waals surface area contributed by atoms with Crippen molar-refractivity contribution in [3.63, 3.8) is 0 Å². The lowest BCUT2D eigenvalue weighted by atomic mass is 10.2. The van der Waals surface area contributed by atoms with Crippen LogP contribution in [0.2, 0.25) is 0 Å². The largest absolute Gasteiger partial charge is 0.396 e. The van der Waals surface area contributed by atoms with Crippen LogP contribution in [0.5, 0.6) is 0 Å². The van der Waals surface area contributed by atoms with Crippen LogP contribution in [-0.2, 0) is 19.5 Å². The number of ether oxygens (including phenoxy) is 2. The van der Waals surface area contributed by atoms with Crippen LogP contribution >= 0.6 is 0 Å². The Labute approximate surface area is 111 Å². The Hall–Kier alpha value is -1.35. The lowest BCUT2D eigenvalue weighted by molar-refractivity contribution is -0.0818. The lowest BCUT2D eigenvalue weighted by Crippen LogP contribution is -2.34. The summed E-state index contributed by atoms with van der Waals surface area (Å²) < 4.78 is 33.4. The topological polar surface area (TPSA) is 117 Å². The molecule has 1 unspecified atom stereocenters. The van der Waals surface area contributed by atoms with Crippen LogP contribution in [0.15, 0.2) is 23.1 Å². The van der Waals surface area contributed by atoms with E-state index in [0.29, 0.717) is 32.1 Å². The van der Waals surface area contributed by atoms with Crippen LogP contribution < -0.4 is 16.2 Å². The van der Waals surface area contributed by atoms with Crippen LogP contribution in [-0.4, -0.2) is 40.9 Å². The van der Waals surface area contributed by atoms with E-state index in [1.165, 1.54) is 6.07 Å². The van der Waals surface area contributed by atoms with Gasteiger partial charge in [0.1, 0.15) is 4.90 Å². The molecule has 0 aliphatic carbocycles.